The van der Waals surface area contributed by atoms with Gasteiger partial charge in [-0.3, -0.25) is 0 Å². The standard InChI is InChI=1S/C38H38S/c1-3-8-34-24-30-17-22-37(38(25-30)39-27(34)2)33-20-15-29(16-21-33)23-28-13-18-32(19-14-28)36-12-7-11-35(26-36)31-9-5-4-6-10-31/h3-16,18-20,22,26,30,33,38H,17,21,23-25H2,1-2H3/b8-3-. The van der Waals surface area contributed by atoms with Crippen LogP contribution in [0.15, 0.2) is 137 Å². The fourth-order valence-electron chi connectivity index (χ4n) is 6.38. The minimum absolute atomic E-state index is 0.558. The molecule has 1 heteroatoms. The van der Waals surface area contributed by atoms with Crippen molar-refractivity contribution in [3.63, 3.8) is 0 Å². The highest BCUT2D eigenvalue weighted by Crippen LogP contribution is 2.47. The first-order valence-corrected chi connectivity index (χ1v) is 15.4. The van der Waals surface area contributed by atoms with E-state index >= 15 is 0 Å². The average molecular weight is 527 g/mol. The van der Waals surface area contributed by atoms with Crippen LogP contribution in [0.25, 0.3) is 22.3 Å². The SMILES string of the molecule is C/C=C\C1=C(C)SC2CC(CC=C2C2C=CC(Cc3ccc(-c4cccc(-c5ccccc5)c4)cc3)=CC2)C1. The summed E-state index contributed by atoms with van der Waals surface area (Å²) in [6.07, 6.45) is 20.5. The molecule has 0 N–H and O–H groups in total. The van der Waals surface area contributed by atoms with Crippen LogP contribution in [0.3, 0.4) is 0 Å². The Morgan fingerprint density at radius 3 is 2.28 bits per heavy atom. The van der Waals surface area contributed by atoms with Crippen LogP contribution in [0.2, 0.25) is 0 Å². The van der Waals surface area contributed by atoms with E-state index in [1.807, 2.05) is 0 Å². The fourth-order valence-corrected chi connectivity index (χ4v) is 7.88. The van der Waals surface area contributed by atoms with Crippen LogP contribution in [0.1, 0.15) is 45.1 Å². The van der Waals surface area contributed by atoms with Crippen LogP contribution in [-0.4, -0.2) is 5.25 Å². The minimum atomic E-state index is 0.558. The Kier molecular flexibility index (Phi) is 7.88. The summed E-state index contributed by atoms with van der Waals surface area (Å²) in [4.78, 5) is 1.53. The van der Waals surface area contributed by atoms with E-state index in [2.05, 4.69) is 141 Å². The molecular weight excluding hydrogens is 488 g/mol. The van der Waals surface area contributed by atoms with Gasteiger partial charge < -0.3 is 0 Å². The molecule has 196 valence electrons. The van der Waals surface area contributed by atoms with Crippen LogP contribution in [0.5, 0.6) is 0 Å². The second-order valence-corrected chi connectivity index (χ2v) is 12.7. The third-order valence-electron chi connectivity index (χ3n) is 8.52. The van der Waals surface area contributed by atoms with E-state index in [1.54, 1.807) is 11.1 Å². The van der Waals surface area contributed by atoms with Crippen molar-refractivity contribution >= 4 is 11.8 Å². The van der Waals surface area contributed by atoms with Crippen molar-refractivity contribution in [1.29, 1.82) is 0 Å². The summed E-state index contributed by atoms with van der Waals surface area (Å²) >= 11 is 2.12. The zero-order valence-electron chi connectivity index (χ0n) is 23.1. The van der Waals surface area contributed by atoms with Crippen LogP contribution in [0.4, 0.5) is 0 Å². The maximum absolute atomic E-state index is 2.59. The number of hydrogen-bond donors (Lipinski definition) is 0. The molecule has 3 aromatic carbocycles. The molecule has 0 spiro atoms. The zero-order chi connectivity index (χ0) is 26.6. The average Bonchev–Trinajstić information content (AvgIpc) is 3.10. The van der Waals surface area contributed by atoms with E-state index in [9.17, 15) is 0 Å². The van der Waals surface area contributed by atoms with Crippen molar-refractivity contribution in [3.05, 3.63) is 143 Å². The molecule has 39 heavy (non-hydrogen) atoms. The highest BCUT2D eigenvalue weighted by molar-refractivity contribution is 8.03. The lowest BCUT2D eigenvalue weighted by atomic mass is 9.78. The number of hydrogen-bond acceptors (Lipinski definition) is 1. The molecule has 0 fully saturated rings. The van der Waals surface area contributed by atoms with Crippen LogP contribution < -0.4 is 0 Å². The van der Waals surface area contributed by atoms with Crippen LogP contribution >= 0.6 is 11.8 Å². The molecule has 1 aliphatic heterocycles. The van der Waals surface area contributed by atoms with Gasteiger partial charge in [0.05, 0.1) is 0 Å². The molecule has 0 saturated carbocycles. The predicted octanol–water partition coefficient (Wildman–Crippen LogP) is 10.8. The van der Waals surface area contributed by atoms with E-state index < -0.39 is 0 Å². The molecule has 0 radical (unpaired) electrons. The van der Waals surface area contributed by atoms with Gasteiger partial charge in [0.15, 0.2) is 0 Å². The van der Waals surface area contributed by atoms with E-state index in [0.29, 0.717) is 11.2 Å². The molecule has 0 nitrogen and oxygen atoms in total. The van der Waals surface area contributed by atoms with Crippen molar-refractivity contribution in [1.82, 2.24) is 0 Å². The van der Waals surface area contributed by atoms with Gasteiger partial charge in [0.1, 0.15) is 0 Å². The maximum Gasteiger partial charge on any atom is 0.0309 e. The molecule has 0 aromatic heterocycles. The molecule has 3 atom stereocenters. The van der Waals surface area contributed by atoms with Gasteiger partial charge in [-0.1, -0.05) is 115 Å². The summed E-state index contributed by atoms with van der Waals surface area (Å²) in [5, 5.41) is 0.643. The summed E-state index contributed by atoms with van der Waals surface area (Å²) in [7, 11) is 0. The van der Waals surface area contributed by atoms with E-state index in [0.717, 1.165) is 18.8 Å². The molecule has 3 aliphatic rings. The lowest BCUT2D eigenvalue weighted by molar-refractivity contribution is 0.463. The molecular formula is C38H38S. The first-order chi connectivity index (χ1) is 19.2. The van der Waals surface area contributed by atoms with Crippen molar-refractivity contribution < 1.29 is 0 Å². The Bertz CT molecular complexity index is 1460. The number of benzene rings is 3. The maximum atomic E-state index is 2.59. The molecule has 2 aliphatic carbocycles. The largest absolute Gasteiger partial charge is 0.123 e. The molecule has 0 saturated heterocycles. The Morgan fingerprint density at radius 1 is 0.821 bits per heavy atom. The summed E-state index contributed by atoms with van der Waals surface area (Å²) < 4.78 is 0. The van der Waals surface area contributed by atoms with Crippen molar-refractivity contribution in [2.24, 2.45) is 11.8 Å². The highest BCUT2D eigenvalue weighted by Gasteiger charge is 2.32. The lowest BCUT2D eigenvalue weighted by Crippen LogP contribution is -2.22. The zero-order valence-corrected chi connectivity index (χ0v) is 24.0. The molecule has 2 bridgehead atoms. The van der Waals surface area contributed by atoms with Crippen LogP contribution in [-0.2, 0) is 6.42 Å². The quantitative estimate of drug-likeness (QED) is 0.288. The van der Waals surface area contributed by atoms with Crippen molar-refractivity contribution in [3.8, 4) is 22.3 Å². The number of rotatable bonds is 6. The Morgan fingerprint density at radius 2 is 1.56 bits per heavy atom. The summed E-state index contributed by atoms with van der Waals surface area (Å²) in [5.41, 5.74) is 11.1. The minimum Gasteiger partial charge on any atom is -0.123 e. The summed E-state index contributed by atoms with van der Waals surface area (Å²) in [5.74, 6) is 1.36. The third-order valence-corrected chi connectivity index (χ3v) is 9.89. The van der Waals surface area contributed by atoms with Gasteiger partial charge >= 0.3 is 0 Å². The first-order valence-electron chi connectivity index (χ1n) is 14.5. The molecule has 0 amide bonds. The molecule has 1 heterocycles. The van der Waals surface area contributed by atoms with Gasteiger partial charge in [0.2, 0.25) is 0 Å². The summed E-state index contributed by atoms with van der Waals surface area (Å²) in [6, 6.07) is 28.6. The van der Waals surface area contributed by atoms with Gasteiger partial charge in [0, 0.05) is 11.2 Å². The molecule has 3 unspecified atom stereocenters. The van der Waals surface area contributed by atoms with Crippen molar-refractivity contribution in [2.45, 2.75) is 51.2 Å². The van der Waals surface area contributed by atoms with Gasteiger partial charge in [-0.05, 0) is 102 Å². The highest BCUT2D eigenvalue weighted by atomic mass is 32.2. The van der Waals surface area contributed by atoms with E-state index in [-0.39, 0.29) is 0 Å². The number of fused-ring (bicyclic) bond motifs is 2. The predicted molar refractivity (Wildman–Crippen MR) is 171 cm³/mol. The molecule has 3 aromatic rings. The van der Waals surface area contributed by atoms with Gasteiger partial charge in [0.25, 0.3) is 0 Å². The number of allylic oxidation sites excluding steroid dienone is 9. The van der Waals surface area contributed by atoms with E-state index in [1.165, 1.54) is 57.6 Å². The first kappa shape index (κ1) is 26.0. The van der Waals surface area contributed by atoms with Gasteiger partial charge in [-0.2, -0.15) is 0 Å². The smallest absolute Gasteiger partial charge is 0.0309 e. The third kappa shape index (κ3) is 5.99. The Hall–Kier alpha value is -3.29. The van der Waals surface area contributed by atoms with Crippen LogP contribution in [0, 0.1) is 11.8 Å². The van der Waals surface area contributed by atoms with Gasteiger partial charge in [-0.25, -0.2) is 0 Å². The monoisotopic (exact) mass is 526 g/mol. The Labute approximate surface area is 239 Å². The fraction of sp³-hybridized carbons (Fsp3) is 0.263. The van der Waals surface area contributed by atoms with Crippen molar-refractivity contribution in [2.75, 3.05) is 0 Å². The second-order valence-electron chi connectivity index (χ2n) is 11.2. The Balaban J connectivity index is 1.10. The normalized spacial score (nSPS) is 23.0. The molecule has 6 rings (SSSR count). The topological polar surface area (TPSA) is 0 Å². The number of thioether (sulfide) groups is 1. The summed E-state index contributed by atoms with van der Waals surface area (Å²) in [6.45, 7) is 4.47. The van der Waals surface area contributed by atoms with E-state index in [4.69, 9.17) is 0 Å². The second kappa shape index (κ2) is 11.8. The van der Waals surface area contributed by atoms with Gasteiger partial charge in [-0.15, -0.1) is 11.8 Å². The lowest BCUT2D eigenvalue weighted by Gasteiger charge is -2.32.